The molecule has 156 valence electrons. The summed E-state index contributed by atoms with van der Waals surface area (Å²) < 4.78 is 3.74. The van der Waals surface area contributed by atoms with E-state index in [1.165, 1.54) is 32.1 Å². The van der Waals surface area contributed by atoms with Crippen molar-refractivity contribution >= 4 is 11.6 Å². The predicted molar refractivity (Wildman–Crippen MR) is 113 cm³/mol. The van der Waals surface area contributed by atoms with Crippen molar-refractivity contribution in [2.24, 2.45) is 23.7 Å². The molecule has 4 aliphatic rings. The first-order valence-electron chi connectivity index (χ1n) is 11.3. The SMILES string of the molecule is CCn1ncc(-c2ccnc3cc(C(=O)NC4C5CC6CC(C5)CC4C6)nn23)c1C. The summed E-state index contributed by atoms with van der Waals surface area (Å²) in [6, 6.07) is 4.05. The van der Waals surface area contributed by atoms with Crippen molar-refractivity contribution in [2.75, 3.05) is 0 Å². The van der Waals surface area contributed by atoms with Gasteiger partial charge in [-0.2, -0.15) is 10.2 Å². The van der Waals surface area contributed by atoms with E-state index in [-0.39, 0.29) is 5.91 Å². The van der Waals surface area contributed by atoms with Gasteiger partial charge >= 0.3 is 0 Å². The zero-order chi connectivity index (χ0) is 20.4. The maximum atomic E-state index is 13.1. The van der Waals surface area contributed by atoms with Gasteiger partial charge in [-0.15, -0.1) is 0 Å². The van der Waals surface area contributed by atoms with Gasteiger partial charge in [0.25, 0.3) is 5.91 Å². The smallest absolute Gasteiger partial charge is 0.272 e. The lowest BCUT2D eigenvalue weighted by atomic mass is 9.54. The van der Waals surface area contributed by atoms with Gasteiger partial charge in [-0.3, -0.25) is 9.48 Å². The third-order valence-corrected chi connectivity index (χ3v) is 7.79. The number of amides is 1. The van der Waals surface area contributed by atoms with E-state index in [1.54, 1.807) is 16.8 Å². The fourth-order valence-electron chi connectivity index (χ4n) is 6.61. The Morgan fingerprint density at radius 3 is 2.57 bits per heavy atom. The minimum Gasteiger partial charge on any atom is -0.347 e. The van der Waals surface area contributed by atoms with Gasteiger partial charge in [0, 0.05) is 36.1 Å². The minimum absolute atomic E-state index is 0.0649. The Labute approximate surface area is 175 Å². The lowest BCUT2D eigenvalue weighted by molar-refractivity contribution is -0.0120. The molecule has 4 aliphatic carbocycles. The van der Waals surface area contributed by atoms with E-state index in [0.717, 1.165) is 35.3 Å². The number of aryl methyl sites for hydroxylation is 1. The van der Waals surface area contributed by atoms with Crippen LogP contribution in [0.15, 0.2) is 24.5 Å². The van der Waals surface area contributed by atoms with E-state index < -0.39 is 0 Å². The van der Waals surface area contributed by atoms with Crippen molar-refractivity contribution in [1.82, 2.24) is 29.7 Å². The van der Waals surface area contributed by atoms with Crippen LogP contribution in [0, 0.1) is 30.6 Å². The fourth-order valence-corrected chi connectivity index (χ4v) is 6.61. The molecular weight excluding hydrogens is 376 g/mol. The Kier molecular flexibility index (Phi) is 4.01. The van der Waals surface area contributed by atoms with Gasteiger partial charge in [0.15, 0.2) is 11.3 Å². The van der Waals surface area contributed by atoms with Crippen LogP contribution in [0.5, 0.6) is 0 Å². The molecule has 0 atom stereocenters. The van der Waals surface area contributed by atoms with Gasteiger partial charge in [0.05, 0.1) is 11.9 Å². The highest BCUT2D eigenvalue weighted by atomic mass is 16.2. The summed E-state index contributed by atoms with van der Waals surface area (Å²) in [6.45, 7) is 4.95. The molecule has 0 aromatic carbocycles. The van der Waals surface area contributed by atoms with Crippen LogP contribution in [-0.2, 0) is 6.54 Å². The molecule has 7 rings (SSSR count). The van der Waals surface area contributed by atoms with Crippen LogP contribution in [0.2, 0.25) is 0 Å². The molecule has 30 heavy (non-hydrogen) atoms. The summed E-state index contributed by atoms with van der Waals surface area (Å²) in [7, 11) is 0. The van der Waals surface area contributed by atoms with Crippen LogP contribution >= 0.6 is 0 Å². The first-order chi connectivity index (χ1) is 14.6. The second kappa shape index (κ2) is 6.65. The highest BCUT2D eigenvalue weighted by Gasteiger charge is 2.48. The molecule has 0 spiro atoms. The van der Waals surface area contributed by atoms with E-state index in [2.05, 4.69) is 34.3 Å². The standard InChI is InChI=1S/C23H28N6O/c1-3-28-13(2)18(12-25-28)20-4-5-24-21-11-19(27-29(20)21)23(30)26-22-16-7-14-6-15(9-16)10-17(22)8-14/h4-5,11-12,14-17,22H,3,6-10H2,1-2H3,(H,26,30). The molecule has 7 heteroatoms. The maximum absolute atomic E-state index is 13.1. The molecule has 3 heterocycles. The highest BCUT2D eigenvalue weighted by Crippen LogP contribution is 2.53. The molecule has 7 nitrogen and oxygen atoms in total. The van der Waals surface area contributed by atoms with Crippen molar-refractivity contribution in [3.63, 3.8) is 0 Å². The van der Waals surface area contributed by atoms with Gasteiger partial charge in [-0.25, -0.2) is 9.50 Å². The Bertz CT molecular complexity index is 1100. The minimum atomic E-state index is -0.0649. The molecule has 0 radical (unpaired) electrons. The zero-order valence-electron chi connectivity index (χ0n) is 17.6. The Balaban J connectivity index is 1.30. The molecule has 0 unspecified atom stereocenters. The summed E-state index contributed by atoms with van der Waals surface area (Å²) in [6.07, 6.45) is 10.2. The largest absolute Gasteiger partial charge is 0.347 e. The predicted octanol–water partition coefficient (Wildman–Crippen LogP) is 3.48. The normalized spacial score (nSPS) is 29.6. The number of hydrogen-bond acceptors (Lipinski definition) is 4. The second-order valence-electron chi connectivity index (χ2n) is 9.52. The van der Waals surface area contributed by atoms with Crippen LogP contribution < -0.4 is 5.32 Å². The number of carbonyl (C=O) groups is 1. The van der Waals surface area contributed by atoms with Gasteiger partial charge in [-0.05, 0) is 75.7 Å². The van der Waals surface area contributed by atoms with Crippen molar-refractivity contribution in [3.05, 3.63) is 35.9 Å². The molecule has 4 fully saturated rings. The van der Waals surface area contributed by atoms with Crippen molar-refractivity contribution in [2.45, 2.75) is 58.5 Å². The number of aromatic nitrogens is 5. The van der Waals surface area contributed by atoms with E-state index in [0.29, 0.717) is 29.2 Å². The topological polar surface area (TPSA) is 77.1 Å². The van der Waals surface area contributed by atoms with Gasteiger partial charge < -0.3 is 5.32 Å². The monoisotopic (exact) mass is 404 g/mol. The maximum Gasteiger partial charge on any atom is 0.272 e. The number of carbonyl (C=O) groups excluding carboxylic acids is 1. The third kappa shape index (κ3) is 2.71. The molecular formula is C23H28N6O. The van der Waals surface area contributed by atoms with Crippen molar-refractivity contribution in [3.8, 4) is 11.3 Å². The van der Waals surface area contributed by atoms with Gasteiger partial charge in [0.2, 0.25) is 0 Å². The van der Waals surface area contributed by atoms with Crippen LogP contribution in [0.1, 0.15) is 55.2 Å². The number of fused-ring (bicyclic) bond motifs is 1. The van der Waals surface area contributed by atoms with E-state index in [9.17, 15) is 4.79 Å². The molecule has 1 N–H and O–H groups in total. The molecule has 3 aromatic heterocycles. The van der Waals surface area contributed by atoms with Crippen LogP contribution in [0.4, 0.5) is 0 Å². The van der Waals surface area contributed by atoms with Crippen LogP contribution in [0.3, 0.4) is 0 Å². The average molecular weight is 405 g/mol. The fraction of sp³-hybridized carbons (Fsp3) is 0.565. The van der Waals surface area contributed by atoms with Crippen molar-refractivity contribution in [1.29, 1.82) is 0 Å². The van der Waals surface area contributed by atoms with Crippen LogP contribution in [0.25, 0.3) is 16.9 Å². The number of nitrogens with zero attached hydrogens (tertiary/aromatic N) is 5. The summed E-state index contributed by atoms with van der Waals surface area (Å²) in [5, 5.41) is 12.5. The second-order valence-corrected chi connectivity index (χ2v) is 9.52. The Morgan fingerprint density at radius 2 is 1.90 bits per heavy atom. The lowest BCUT2D eigenvalue weighted by Crippen LogP contribution is -2.55. The van der Waals surface area contributed by atoms with E-state index in [4.69, 9.17) is 0 Å². The molecule has 0 aliphatic heterocycles. The first-order valence-corrected chi connectivity index (χ1v) is 11.3. The summed E-state index contributed by atoms with van der Waals surface area (Å²) in [5.41, 5.74) is 4.14. The average Bonchev–Trinajstić information content (AvgIpc) is 3.33. The molecule has 0 saturated heterocycles. The number of nitrogens with one attached hydrogen (secondary N) is 1. The first kappa shape index (κ1) is 18.1. The van der Waals surface area contributed by atoms with E-state index in [1.807, 2.05) is 16.9 Å². The van der Waals surface area contributed by atoms with E-state index >= 15 is 0 Å². The summed E-state index contributed by atoms with van der Waals surface area (Å²) in [5.74, 6) is 3.03. The Morgan fingerprint density at radius 1 is 1.17 bits per heavy atom. The molecule has 3 aromatic rings. The van der Waals surface area contributed by atoms with Crippen molar-refractivity contribution < 1.29 is 4.79 Å². The van der Waals surface area contributed by atoms with Crippen LogP contribution in [-0.4, -0.2) is 36.3 Å². The molecule has 1 amide bonds. The zero-order valence-corrected chi connectivity index (χ0v) is 17.6. The van der Waals surface area contributed by atoms with Gasteiger partial charge in [-0.1, -0.05) is 0 Å². The summed E-state index contributed by atoms with van der Waals surface area (Å²) >= 11 is 0. The Hall–Kier alpha value is -2.70. The summed E-state index contributed by atoms with van der Waals surface area (Å²) in [4.78, 5) is 17.6. The highest BCUT2D eigenvalue weighted by molar-refractivity contribution is 5.93. The molecule has 4 bridgehead atoms. The molecule has 4 saturated carbocycles. The lowest BCUT2D eigenvalue weighted by Gasteiger charge is -2.54. The third-order valence-electron chi connectivity index (χ3n) is 7.79. The number of rotatable bonds is 4. The number of hydrogen-bond donors (Lipinski definition) is 1. The quantitative estimate of drug-likeness (QED) is 0.722. The van der Waals surface area contributed by atoms with Gasteiger partial charge in [0.1, 0.15) is 0 Å².